The molecule has 23 heavy (non-hydrogen) atoms. The van der Waals surface area contributed by atoms with Crippen LogP contribution in [0.25, 0.3) is 0 Å². The van der Waals surface area contributed by atoms with Crippen molar-refractivity contribution in [2.24, 2.45) is 0 Å². The van der Waals surface area contributed by atoms with Crippen LogP contribution in [0.4, 0.5) is 0 Å². The van der Waals surface area contributed by atoms with E-state index in [-0.39, 0.29) is 34.9 Å². The smallest absolute Gasteiger partial charge is 0.246 e. The number of hydrogen-bond donors (Lipinski definition) is 1. The van der Waals surface area contributed by atoms with Crippen LogP contribution in [-0.2, 0) is 14.8 Å². The number of phenols is 1. The number of amides is 1. The first kappa shape index (κ1) is 18.1. The Labute approximate surface area is 141 Å². The Morgan fingerprint density at radius 3 is 2.43 bits per heavy atom. The van der Waals surface area contributed by atoms with E-state index in [9.17, 15) is 18.3 Å². The monoisotopic (exact) mass is 358 g/mol. The highest BCUT2D eigenvalue weighted by Gasteiger charge is 2.32. The summed E-state index contributed by atoms with van der Waals surface area (Å²) in [6.07, 6.45) is 1.88. The Morgan fingerprint density at radius 2 is 1.87 bits per heavy atom. The molecule has 2 rings (SSSR count). The lowest BCUT2D eigenvalue weighted by Crippen LogP contribution is -2.52. The summed E-state index contributed by atoms with van der Waals surface area (Å²) in [6, 6.07) is 4.52. The molecule has 1 amide bonds. The zero-order chi connectivity index (χ0) is 17.2. The number of thioether (sulfide) groups is 1. The van der Waals surface area contributed by atoms with Crippen LogP contribution in [-0.4, -0.2) is 66.3 Å². The second-order valence-corrected chi connectivity index (χ2v) is 8.66. The average Bonchev–Trinajstić information content (AvgIpc) is 2.55. The summed E-state index contributed by atoms with van der Waals surface area (Å²) < 4.78 is 26.7. The number of hydrogen-bond acceptors (Lipinski definition) is 5. The van der Waals surface area contributed by atoms with Crippen LogP contribution in [0, 0.1) is 6.92 Å². The van der Waals surface area contributed by atoms with Crippen molar-refractivity contribution >= 4 is 27.7 Å². The van der Waals surface area contributed by atoms with Crippen molar-refractivity contribution in [2.45, 2.75) is 24.0 Å². The normalized spacial score (nSPS) is 18.0. The highest BCUT2D eigenvalue weighted by atomic mass is 32.2. The molecule has 0 aliphatic carbocycles. The number of piperazine rings is 1. The van der Waals surface area contributed by atoms with Gasteiger partial charge in [0.25, 0.3) is 0 Å². The molecule has 0 bridgehead atoms. The number of rotatable bonds is 4. The molecule has 1 saturated heterocycles. The summed E-state index contributed by atoms with van der Waals surface area (Å²) in [6.45, 7) is 4.84. The molecular formula is C15H22N2O4S2. The van der Waals surface area contributed by atoms with Gasteiger partial charge in [0.1, 0.15) is 10.6 Å². The molecule has 0 saturated carbocycles. The first-order valence-electron chi connectivity index (χ1n) is 7.38. The van der Waals surface area contributed by atoms with Gasteiger partial charge in [-0.2, -0.15) is 16.1 Å². The minimum absolute atomic E-state index is 0.0351. The van der Waals surface area contributed by atoms with E-state index in [1.165, 1.54) is 28.2 Å². The average molecular weight is 358 g/mol. The van der Waals surface area contributed by atoms with Crippen molar-refractivity contribution in [1.82, 2.24) is 9.21 Å². The highest BCUT2D eigenvalue weighted by molar-refractivity contribution is 7.99. The van der Waals surface area contributed by atoms with Crippen LogP contribution in [0.1, 0.15) is 12.5 Å². The lowest BCUT2D eigenvalue weighted by atomic mass is 10.2. The molecule has 1 fully saturated rings. The SMILES string of the molecule is CS[C@@H](C)C(=O)N1CCN(S(=O)(=O)c2cc(C)ccc2O)CC1. The van der Waals surface area contributed by atoms with Crippen molar-refractivity contribution in [3.63, 3.8) is 0 Å². The van der Waals surface area contributed by atoms with Gasteiger partial charge in [0.05, 0.1) is 5.25 Å². The molecule has 1 aliphatic heterocycles. The van der Waals surface area contributed by atoms with Crippen LogP contribution >= 0.6 is 11.8 Å². The number of sulfonamides is 1. The van der Waals surface area contributed by atoms with E-state index < -0.39 is 10.0 Å². The maximum Gasteiger partial charge on any atom is 0.246 e. The maximum atomic E-state index is 12.7. The number of phenolic OH excluding ortho intramolecular Hbond substituents is 1. The third-order valence-electron chi connectivity index (χ3n) is 3.98. The molecule has 0 spiro atoms. The third-order valence-corrected chi connectivity index (χ3v) is 6.82. The predicted octanol–water partition coefficient (Wildman–Crippen LogP) is 1.29. The Balaban J connectivity index is 2.13. The van der Waals surface area contributed by atoms with E-state index in [1.807, 2.05) is 13.2 Å². The van der Waals surface area contributed by atoms with E-state index in [0.717, 1.165) is 5.56 Å². The van der Waals surface area contributed by atoms with E-state index in [1.54, 1.807) is 17.9 Å². The minimum Gasteiger partial charge on any atom is -0.507 e. The van der Waals surface area contributed by atoms with Gasteiger partial charge in [-0.25, -0.2) is 8.42 Å². The first-order chi connectivity index (χ1) is 10.8. The van der Waals surface area contributed by atoms with Crippen molar-refractivity contribution in [3.05, 3.63) is 23.8 Å². The second-order valence-electron chi connectivity index (χ2n) is 5.58. The van der Waals surface area contributed by atoms with Gasteiger partial charge in [-0.05, 0) is 37.8 Å². The molecule has 1 aromatic rings. The molecule has 0 unspecified atom stereocenters. The van der Waals surface area contributed by atoms with Crippen LogP contribution in [0.5, 0.6) is 5.75 Å². The van der Waals surface area contributed by atoms with Gasteiger partial charge in [-0.1, -0.05) is 6.07 Å². The Kier molecular flexibility index (Phi) is 5.59. The highest BCUT2D eigenvalue weighted by Crippen LogP contribution is 2.27. The van der Waals surface area contributed by atoms with Crippen LogP contribution in [0.2, 0.25) is 0 Å². The molecular weight excluding hydrogens is 336 g/mol. The number of aryl methyl sites for hydroxylation is 1. The Hall–Kier alpha value is -1.25. The molecule has 1 heterocycles. The fourth-order valence-corrected chi connectivity index (χ4v) is 4.41. The van der Waals surface area contributed by atoms with E-state index >= 15 is 0 Å². The topological polar surface area (TPSA) is 77.9 Å². The lowest BCUT2D eigenvalue weighted by Gasteiger charge is -2.35. The lowest BCUT2D eigenvalue weighted by molar-refractivity contribution is -0.131. The van der Waals surface area contributed by atoms with Gasteiger partial charge < -0.3 is 10.0 Å². The summed E-state index contributed by atoms with van der Waals surface area (Å²) in [5.74, 6) is -0.210. The van der Waals surface area contributed by atoms with Gasteiger partial charge in [-0.15, -0.1) is 0 Å². The number of aromatic hydroxyl groups is 1. The molecule has 8 heteroatoms. The summed E-state index contributed by atoms with van der Waals surface area (Å²) in [7, 11) is -3.75. The molecule has 1 aromatic carbocycles. The number of carbonyl (C=O) groups is 1. The molecule has 1 atom stereocenters. The second kappa shape index (κ2) is 7.11. The molecule has 128 valence electrons. The summed E-state index contributed by atoms with van der Waals surface area (Å²) in [5.41, 5.74) is 0.768. The Morgan fingerprint density at radius 1 is 1.26 bits per heavy atom. The number of nitrogens with zero attached hydrogens (tertiary/aromatic N) is 2. The predicted molar refractivity (Wildman–Crippen MR) is 91.2 cm³/mol. The Bertz CT molecular complexity index is 683. The summed E-state index contributed by atoms with van der Waals surface area (Å²) in [4.78, 5) is 13.8. The molecule has 1 N–H and O–H groups in total. The largest absolute Gasteiger partial charge is 0.507 e. The fourth-order valence-electron chi connectivity index (χ4n) is 2.47. The minimum atomic E-state index is -3.75. The van der Waals surface area contributed by atoms with Gasteiger partial charge in [0.15, 0.2) is 0 Å². The van der Waals surface area contributed by atoms with Crippen LogP contribution in [0.15, 0.2) is 23.1 Å². The molecule has 6 nitrogen and oxygen atoms in total. The molecule has 0 aromatic heterocycles. The number of benzene rings is 1. The van der Waals surface area contributed by atoms with Gasteiger partial charge in [0, 0.05) is 26.2 Å². The van der Waals surface area contributed by atoms with Crippen LogP contribution < -0.4 is 0 Å². The van der Waals surface area contributed by atoms with Crippen molar-refractivity contribution in [2.75, 3.05) is 32.4 Å². The van der Waals surface area contributed by atoms with Gasteiger partial charge >= 0.3 is 0 Å². The summed E-state index contributed by atoms with van der Waals surface area (Å²) >= 11 is 1.48. The summed E-state index contributed by atoms with van der Waals surface area (Å²) in [5, 5.41) is 9.75. The van der Waals surface area contributed by atoms with Crippen molar-refractivity contribution < 1.29 is 18.3 Å². The number of carbonyl (C=O) groups excluding carboxylic acids is 1. The van der Waals surface area contributed by atoms with E-state index in [0.29, 0.717) is 13.1 Å². The zero-order valence-electron chi connectivity index (χ0n) is 13.5. The standard InChI is InChI=1S/C15H22N2O4S2/c1-11-4-5-13(18)14(10-11)23(20,21)17-8-6-16(7-9-17)15(19)12(2)22-3/h4-5,10,12,18H,6-9H2,1-3H3/t12-/m0/s1. The van der Waals surface area contributed by atoms with Gasteiger partial charge in [-0.3, -0.25) is 4.79 Å². The van der Waals surface area contributed by atoms with Crippen molar-refractivity contribution in [1.29, 1.82) is 0 Å². The molecule has 1 aliphatic rings. The van der Waals surface area contributed by atoms with E-state index in [2.05, 4.69) is 0 Å². The molecule has 0 radical (unpaired) electrons. The fraction of sp³-hybridized carbons (Fsp3) is 0.533. The van der Waals surface area contributed by atoms with Gasteiger partial charge in [0.2, 0.25) is 15.9 Å². The maximum absolute atomic E-state index is 12.7. The van der Waals surface area contributed by atoms with E-state index in [4.69, 9.17) is 0 Å². The van der Waals surface area contributed by atoms with Crippen LogP contribution in [0.3, 0.4) is 0 Å². The van der Waals surface area contributed by atoms with Crippen molar-refractivity contribution in [3.8, 4) is 5.75 Å². The first-order valence-corrected chi connectivity index (χ1v) is 10.1. The third kappa shape index (κ3) is 3.81. The zero-order valence-corrected chi connectivity index (χ0v) is 15.2. The quantitative estimate of drug-likeness (QED) is 0.877.